The van der Waals surface area contributed by atoms with Crippen LogP contribution in [0.15, 0.2) is 42.2 Å². The van der Waals surface area contributed by atoms with E-state index in [0.29, 0.717) is 148 Å². The van der Waals surface area contributed by atoms with Crippen molar-refractivity contribution < 1.29 is 78.7 Å². The number of ether oxygens (including phenoxy) is 8. The van der Waals surface area contributed by atoms with Gasteiger partial charge in [-0.3, -0.25) is 0 Å². The SMILES string of the molecule is COCOCCCCC1c2cc(c(O)c(Br)c2O)C(CCCCOCOC)c2cc(c(O)c(Br)c2O)C(CCCCOCOC)c2cc(c(O)c(Br)c2O)C(CCCCOCOC)c2cc1c(O)c(Br)c2O. The molecule has 20 heteroatoms. The van der Waals surface area contributed by atoms with E-state index < -0.39 is 23.7 Å². The van der Waals surface area contributed by atoms with Crippen molar-refractivity contribution in [1.82, 2.24) is 0 Å². The molecule has 1 aliphatic carbocycles. The molecule has 0 radical (unpaired) electrons. The fraction of sp³-hybridized carbons (Fsp3) is 0.538. The van der Waals surface area contributed by atoms with Gasteiger partial charge < -0.3 is 78.7 Å². The van der Waals surface area contributed by atoms with Crippen molar-refractivity contribution in [2.45, 2.75) is 101 Å². The minimum Gasteiger partial charge on any atom is -0.506 e. The molecule has 0 saturated heterocycles. The molecule has 0 unspecified atom stereocenters. The van der Waals surface area contributed by atoms with E-state index in [2.05, 4.69) is 63.7 Å². The summed E-state index contributed by atoms with van der Waals surface area (Å²) in [6.07, 6.45) is 5.67. The third-order valence-corrected chi connectivity index (χ3v) is 16.0. The van der Waals surface area contributed by atoms with Crippen LogP contribution in [-0.4, -0.2) is 123 Å². The van der Waals surface area contributed by atoms with Gasteiger partial charge in [-0.15, -0.1) is 0 Å². The predicted molar refractivity (Wildman–Crippen MR) is 284 cm³/mol. The van der Waals surface area contributed by atoms with Crippen LogP contribution in [0, 0.1) is 0 Å². The number of phenolic OH excluding ortho intramolecular Hbond substituents is 8. The van der Waals surface area contributed by atoms with Crippen LogP contribution in [0.2, 0.25) is 0 Å². The Labute approximate surface area is 455 Å². The molecule has 0 fully saturated rings. The number of hydrogen-bond acceptors (Lipinski definition) is 16. The Morgan fingerprint density at radius 2 is 0.472 bits per heavy atom. The van der Waals surface area contributed by atoms with Gasteiger partial charge in [-0.25, -0.2) is 0 Å². The molecule has 5 rings (SSSR count). The number of methoxy groups -OCH3 is 4. The Morgan fingerprint density at radius 3 is 0.625 bits per heavy atom. The van der Waals surface area contributed by atoms with Crippen LogP contribution in [0.3, 0.4) is 0 Å². The zero-order chi connectivity index (χ0) is 52.5. The maximum absolute atomic E-state index is 12.2. The molecule has 4 aromatic carbocycles. The van der Waals surface area contributed by atoms with E-state index in [-0.39, 0.29) is 91.1 Å². The summed E-state index contributed by atoms with van der Waals surface area (Å²) in [6, 6.07) is 6.74. The van der Waals surface area contributed by atoms with E-state index in [0.717, 1.165) is 0 Å². The Kier molecular flexibility index (Phi) is 24.8. The van der Waals surface area contributed by atoms with Crippen LogP contribution < -0.4 is 0 Å². The van der Waals surface area contributed by atoms with E-state index >= 15 is 0 Å². The lowest BCUT2D eigenvalue weighted by molar-refractivity contribution is -0.0317. The number of halogens is 4. The second-order valence-electron chi connectivity index (χ2n) is 17.7. The van der Waals surface area contributed by atoms with Gasteiger partial charge >= 0.3 is 0 Å². The summed E-state index contributed by atoms with van der Waals surface area (Å²) >= 11 is 14.1. The number of hydrogen-bond donors (Lipinski definition) is 8. The van der Waals surface area contributed by atoms with E-state index in [1.54, 1.807) is 24.3 Å². The van der Waals surface area contributed by atoms with Gasteiger partial charge in [0, 0.05) is 123 Å². The van der Waals surface area contributed by atoms with Crippen molar-refractivity contribution in [3.05, 3.63) is 86.7 Å². The third kappa shape index (κ3) is 14.6. The lowest BCUT2D eigenvalue weighted by Crippen LogP contribution is -2.13. The van der Waals surface area contributed by atoms with E-state index in [4.69, 9.17) is 37.9 Å². The summed E-state index contributed by atoms with van der Waals surface area (Å²) < 4.78 is 42.7. The van der Waals surface area contributed by atoms with Crippen molar-refractivity contribution in [2.75, 3.05) is 82.0 Å². The average Bonchev–Trinajstić information content (AvgIpc) is 3.37. The topological polar surface area (TPSA) is 236 Å². The van der Waals surface area contributed by atoms with Crippen LogP contribution >= 0.6 is 63.7 Å². The smallest absolute Gasteiger partial charge is 0.146 e. The normalized spacial score (nSPS) is 16.7. The maximum Gasteiger partial charge on any atom is 0.146 e. The van der Waals surface area contributed by atoms with E-state index in [1.165, 1.54) is 28.4 Å². The minimum atomic E-state index is -0.804. The van der Waals surface area contributed by atoms with Crippen LogP contribution in [0.4, 0.5) is 0 Å². The molecule has 0 amide bonds. The first-order valence-corrected chi connectivity index (χ1v) is 27.1. The van der Waals surface area contributed by atoms with Crippen LogP contribution in [-0.2, 0) is 37.9 Å². The van der Waals surface area contributed by atoms with Gasteiger partial charge in [0.15, 0.2) is 0 Å². The standard InChI is InChI=1S/C52H68Br4O16/c1-65-25-69-17-9-5-13-29-33-21-35(47(59)41(53)45(33)57)30(14-6-10-18-70-26-66-2)37-23-39(51(63)43(55)49(37)61)32(16-8-12-20-72-28-68-4)40-24-38(50(62)44(56)52(40)64)31(15-7-11-19-71-27-67-3)36-22-34(29)46(58)42(54)48(36)60/h21-24,29-32,57-64H,5-20,25-28H2,1-4H3. The molecule has 8 bridgehead atoms. The number of unbranched alkanes of at least 4 members (excludes halogenated alkanes) is 4. The number of aromatic hydroxyl groups is 8. The lowest BCUT2D eigenvalue weighted by atomic mass is 9.76. The first-order chi connectivity index (χ1) is 34.7. The molecule has 0 spiro atoms. The highest BCUT2D eigenvalue weighted by atomic mass is 79.9. The van der Waals surface area contributed by atoms with Crippen molar-refractivity contribution in [2.24, 2.45) is 0 Å². The molecule has 72 heavy (non-hydrogen) atoms. The van der Waals surface area contributed by atoms with Gasteiger partial charge in [0.05, 0.1) is 0 Å². The molecule has 1 aliphatic rings. The van der Waals surface area contributed by atoms with Crippen molar-refractivity contribution in [3.63, 3.8) is 0 Å². The molecule has 0 heterocycles. The maximum atomic E-state index is 12.2. The van der Waals surface area contributed by atoms with Gasteiger partial charge in [0.1, 0.15) is 91.1 Å². The highest BCUT2D eigenvalue weighted by Crippen LogP contribution is 2.57. The lowest BCUT2D eigenvalue weighted by Gasteiger charge is -2.30. The number of benzene rings is 4. The fourth-order valence-electron chi connectivity index (χ4n) is 9.50. The summed E-state index contributed by atoms with van der Waals surface area (Å²) in [5.74, 6) is -5.56. The predicted octanol–water partition coefficient (Wildman–Crippen LogP) is 12.4. The van der Waals surface area contributed by atoms with Crippen molar-refractivity contribution >= 4 is 63.7 Å². The van der Waals surface area contributed by atoms with Crippen molar-refractivity contribution in [3.8, 4) is 46.0 Å². The largest absolute Gasteiger partial charge is 0.506 e. The first kappa shape index (κ1) is 59.8. The molecule has 0 saturated carbocycles. The molecule has 0 atom stereocenters. The Bertz CT molecular complexity index is 1950. The fourth-order valence-corrected chi connectivity index (χ4v) is 11.3. The summed E-state index contributed by atoms with van der Waals surface area (Å²) in [5.41, 5.74) is 2.57. The molecular formula is C52H68Br4O16. The van der Waals surface area contributed by atoms with Crippen LogP contribution in [0.5, 0.6) is 46.0 Å². The zero-order valence-corrected chi connectivity index (χ0v) is 47.5. The van der Waals surface area contributed by atoms with Crippen LogP contribution in [0.1, 0.15) is 145 Å². The van der Waals surface area contributed by atoms with E-state index in [1.807, 2.05) is 0 Å². The quantitative estimate of drug-likeness (QED) is 0.0195. The number of phenols is 8. The number of fused-ring (bicyclic) bond motifs is 8. The highest BCUT2D eigenvalue weighted by molar-refractivity contribution is 9.11. The van der Waals surface area contributed by atoms with Crippen molar-refractivity contribution in [1.29, 1.82) is 0 Å². The summed E-state index contributed by atoms with van der Waals surface area (Å²) in [4.78, 5) is 0. The van der Waals surface area contributed by atoms with Gasteiger partial charge in [-0.2, -0.15) is 0 Å². The Morgan fingerprint density at radius 1 is 0.306 bits per heavy atom. The highest BCUT2D eigenvalue weighted by Gasteiger charge is 2.36. The Hall–Kier alpha value is -3.12. The molecule has 4 aromatic rings. The van der Waals surface area contributed by atoms with Gasteiger partial charge in [-0.1, -0.05) is 25.7 Å². The summed E-state index contributed by atoms with van der Waals surface area (Å²) in [5, 5.41) is 97.5. The molecule has 8 N–H and O–H groups in total. The molecule has 16 nitrogen and oxygen atoms in total. The zero-order valence-electron chi connectivity index (χ0n) is 41.1. The van der Waals surface area contributed by atoms with Gasteiger partial charge in [-0.05, 0) is 139 Å². The molecule has 0 aromatic heterocycles. The molecular weight excluding hydrogens is 1200 g/mol. The monoisotopic (exact) mass is 1260 g/mol. The molecule has 400 valence electrons. The summed E-state index contributed by atoms with van der Waals surface area (Å²) in [7, 11) is 6.13. The van der Waals surface area contributed by atoms with Gasteiger partial charge in [0.25, 0.3) is 0 Å². The van der Waals surface area contributed by atoms with Crippen LogP contribution in [0.25, 0.3) is 0 Å². The average molecular weight is 1270 g/mol. The van der Waals surface area contributed by atoms with Gasteiger partial charge in [0.2, 0.25) is 0 Å². The van der Waals surface area contributed by atoms with E-state index in [9.17, 15) is 40.9 Å². The number of rotatable bonds is 28. The minimum absolute atomic E-state index is 0.0232. The first-order valence-electron chi connectivity index (χ1n) is 23.9. The summed E-state index contributed by atoms with van der Waals surface area (Å²) in [6.45, 7) is 1.83. The second-order valence-corrected chi connectivity index (χ2v) is 20.9. The Balaban J connectivity index is 1.92. The third-order valence-electron chi connectivity index (χ3n) is 13.0. The second kappa shape index (κ2) is 29.8. The molecule has 0 aliphatic heterocycles.